The molecule has 0 aromatic heterocycles. The van der Waals surface area contributed by atoms with E-state index in [9.17, 15) is 9.90 Å². The Hall–Kier alpha value is -0.610. The van der Waals surface area contributed by atoms with Gasteiger partial charge in [0.15, 0.2) is 0 Å². The third kappa shape index (κ3) is 2.20. The molecule has 0 radical (unpaired) electrons. The lowest BCUT2D eigenvalue weighted by molar-refractivity contribution is -0.166. The van der Waals surface area contributed by atoms with E-state index in [-0.39, 0.29) is 0 Å². The minimum Gasteiger partial charge on any atom is -0.480 e. The fourth-order valence-electron chi connectivity index (χ4n) is 3.56. The molecule has 2 heterocycles. The third-order valence-electron chi connectivity index (χ3n) is 4.41. The maximum Gasteiger partial charge on any atom is 0.324 e. The lowest BCUT2D eigenvalue weighted by Crippen LogP contribution is -2.64. The molecule has 2 aliphatic rings. The molecule has 0 amide bonds. The molecule has 0 saturated carbocycles. The SMILES string of the molecule is CC1CCCC(C)N1C1(C(=O)O)CCOCC1. The molecule has 0 aromatic carbocycles. The summed E-state index contributed by atoms with van der Waals surface area (Å²) in [5.74, 6) is -0.665. The first kappa shape index (κ1) is 12.8. The summed E-state index contributed by atoms with van der Waals surface area (Å²) in [5, 5.41) is 9.68. The highest BCUT2D eigenvalue weighted by Gasteiger charge is 2.49. The first-order valence-electron chi connectivity index (χ1n) is 6.67. The zero-order chi connectivity index (χ0) is 12.5. The van der Waals surface area contributed by atoms with E-state index in [2.05, 4.69) is 18.7 Å². The van der Waals surface area contributed by atoms with E-state index in [1.165, 1.54) is 6.42 Å². The van der Waals surface area contributed by atoms with Gasteiger partial charge in [-0.15, -0.1) is 0 Å². The van der Waals surface area contributed by atoms with E-state index in [1.54, 1.807) is 0 Å². The van der Waals surface area contributed by atoms with Crippen molar-refractivity contribution in [2.75, 3.05) is 13.2 Å². The standard InChI is InChI=1S/C13H23NO3/c1-10-4-3-5-11(2)14(10)13(12(15)16)6-8-17-9-7-13/h10-11H,3-9H2,1-2H3,(H,15,16). The van der Waals surface area contributed by atoms with Crippen molar-refractivity contribution >= 4 is 5.97 Å². The maximum absolute atomic E-state index is 11.8. The van der Waals surface area contributed by atoms with Crippen molar-refractivity contribution in [2.24, 2.45) is 0 Å². The molecule has 2 rings (SSSR count). The van der Waals surface area contributed by atoms with E-state index in [4.69, 9.17) is 4.74 Å². The normalized spacial score (nSPS) is 34.5. The second-order valence-corrected chi connectivity index (χ2v) is 5.49. The minimum atomic E-state index is -0.683. The summed E-state index contributed by atoms with van der Waals surface area (Å²) in [6.45, 7) is 5.47. The number of carboxylic acid groups (broad SMARTS) is 1. The molecule has 2 unspecified atom stereocenters. The molecular weight excluding hydrogens is 218 g/mol. The smallest absolute Gasteiger partial charge is 0.324 e. The predicted octanol–water partition coefficient (Wildman–Crippen LogP) is 1.88. The lowest BCUT2D eigenvalue weighted by Gasteiger charge is -2.51. The van der Waals surface area contributed by atoms with Crippen LogP contribution in [0.5, 0.6) is 0 Å². The van der Waals surface area contributed by atoms with Crippen molar-refractivity contribution in [1.82, 2.24) is 4.90 Å². The average molecular weight is 241 g/mol. The number of hydrogen-bond donors (Lipinski definition) is 1. The fraction of sp³-hybridized carbons (Fsp3) is 0.923. The Kier molecular flexibility index (Phi) is 3.73. The highest BCUT2D eigenvalue weighted by molar-refractivity contribution is 5.79. The van der Waals surface area contributed by atoms with Gasteiger partial charge in [-0.2, -0.15) is 0 Å². The van der Waals surface area contributed by atoms with Crippen LogP contribution in [0.4, 0.5) is 0 Å². The molecule has 4 heteroatoms. The highest BCUT2D eigenvalue weighted by Crippen LogP contribution is 2.36. The Morgan fingerprint density at radius 1 is 1.24 bits per heavy atom. The molecule has 2 fully saturated rings. The van der Waals surface area contributed by atoms with Gasteiger partial charge in [-0.1, -0.05) is 6.42 Å². The number of carboxylic acids is 1. The number of ether oxygens (including phenoxy) is 1. The number of nitrogens with zero attached hydrogens (tertiary/aromatic N) is 1. The van der Waals surface area contributed by atoms with Crippen molar-refractivity contribution in [3.63, 3.8) is 0 Å². The van der Waals surface area contributed by atoms with Crippen LogP contribution in [0.1, 0.15) is 46.0 Å². The van der Waals surface area contributed by atoms with Crippen LogP contribution >= 0.6 is 0 Å². The largest absolute Gasteiger partial charge is 0.480 e. The number of aliphatic carboxylic acids is 1. The van der Waals surface area contributed by atoms with Gasteiger partial charge in [0.2, 0.25) is 0 Å². The third-order valence-corrected chi connectivity index (χ3v) is 4.41. The molecular formula is C13H23NO3. The van der Waals surface area contributed by atoms with E-state index >= 15 is 0 Å². The Bertz CT molecular complexity index is 276. The Labute approximate surface area is 103 Å². The van der Waals surface area contributed by atoms with Gasteiger partial charge in [-0.25, -0.2) is 0 Å². The van der Waals surface area contributed by atoms with Gasteiger partial charge >= 0.3 is 5.97 Å². The zero-order valence-electron chi connectivity index (χ0n) is 10.8. The number of rotatable bonds is 2. The Morgan fingerprint density at radius 3 is 2.24 bits per heavy atom. The summed E-state index contributed by atoms with van der Waals surface area (Å²) in [5.41, 5.74) is -0.683. The van der Waals surface area contributed by atoms with Crippen LogP contribution in [0.15, 0.2) is 0 Å². The van der Waals surface area contributed by atoms with Crippen LogP contribution in [-0.2, 0) is 9.53 Å². The van der Waals surface area contributed by atoms with Gasteiger partial charge in [-0.05, 0) is 39.5 Å². The second kappa shape index (κ2) is 4.94. The topological polar surface area (TPSA) is 49.8 Å². The molecule has 4 nitrogen and oxygen atoms in total. The highest BCUT2D eigenvalue weighted by atomic mass is 16.5. The van der Waals surface area contributed by atoms with Crippen LogP contribution in [-0.4, -0.2) is 46.8 Å². The van der Waals surface area contributed by atoms with E-state index in [1.807, 2.05) is 0 Å². The summed E-state index contributed by atoms with van der Waals surface area (Å²) < 4.78 is 5.35. The Balaban J connectivity index is 2.27. The van der Waals surface area contributed by atoms with Crippen molar-refractivity contribution in [2.45, 2.75) is 63.6 Å². The number of hydrogen-bond acceptors (Lipinski definition) is 3. The molecule has 0 aromatic rings. The van der Waals surface area contributed by atoms with Crippen LogP contribution in [0.3, 0.4) is 0 Å². The first-order chi connectivity index (χ1) is 8.08. The van der Waals surface area contributed by atoms with E-state index in [0.29, 0.717) is 38.1 Å². The van der Waals surface area contributed by atoms with Gasteiger partial charge in [0, 0.05) is 25.3 Å². The molecule has 0 spiro atoms. The van der Waals surface area contributed by atoms with Crippen molar-refractivity contribution in [3.05, 3.63) is 0 Å². The average Bonchev–Trinajstić information content (AvgIpc) is 2.29. The van der Waals surface area contributed by atoms with Crippen molar-refractivity contribution < 1.29 is 14.6 Å². The quantitative estimate of drug-likeness (QED) is 0.802. The fourth-order valence-corrected chi connectivity index (χ4v) is 3.56. The van der Waals surface area contributed by atoms with Crippen LogP contribution in [0.2, 0.25) is 0 Å². The predicted molar refractivity (Wildman–Crippen MR) is 65.0 cm³/mol. The molecule has 2 atom stereocenters. The zero-order valence-corrected chi connectivity index (χ0v) is 10.8. The molecule has 98 valence electrons. The molecule has 1 N–H and O–H groups in total. The monoisotopic (exact) mass is 241 g/mol. The lowest BCUT2D eigenvalue weighted by atomic mass is 9.82. The summed E-state index contributed by atoms with van der Waals surface area (Å²) in [7, 11) is 0. The van der Waals surface area contributed by atoms with Gasteiger partial charge in [0.25, 0.3) is 0 Å². The minimum absolute atomic E-state index is 0.368. The molecule has 2 saturated heterocycles. The second-order valence-electron chi connectivity index (χ2n) is 5.49. The van der Waals surface area contributed by atoms with Crippen molar-refractivity contribution in [3.8, 4) is 0 Å². The first-order valence-corrected chi connectivity index (χ1v) is 6.67. The van der Waals surface area contributed by atoms with Gasteiger partial charge in [-0.3, -0.25) is 9.69 Å². The number of carbonyl (C=O) groups is 1. The maximum atomic E-state index is 11.8. The summed E-state index contributed by atoms with van der Waals surface area (Å²) >= 11 is 0. The molecule has 2 aliphatic heterocycles. The van der Waals surface area contributed by atoms with Crippen LogP contribution < -0.4 is 0 Å². The van der Waals surface area contributed by atoms with E-state index in [0.717, 1.165) is 12.8 Å². The van der Waals surface area contributed by atoms with Gasteiger partial charge in [0.1, 0.15) is 5.54 Å². The number of likely N-dealkylation sites (tertiary alicyclic amines) is 1. The summed E-state index contributed by atoms with van der Waals surface area (Å²) in [6.07, 6.45) is 4.68. The van der Waals surface area contributed by atoms with Crippen LogP contribution in [0.25, 0.3) is 0 Å². The molecule has 0 bridgehead atoms. The summed E-state index contributed by atoms with van der Waals surface area (Å²) in [4.78, 5) is 14.0. The van der Waals surface area contributed by atoms with Gasteiger partial charge in [0.05, 0.1) is 0 Å². The van der Waals surface area contributed by atoms with Gasteiger partial charge < -0.3 is 9.84 Å². The van der Waals surface area contributed by atoms with E-state index < -0.39 is 11.5 Å². The molecule has 17 heavy (non-hydrogen) atoms. The molecule has 0 aliphatic carbocycles. The van der Waals surface area contributed by atoms with Crippen molar-refractivity contribution in [1.29, 1.82) is 0 Å². The van der Waals surface area contributed by atoms with Crippen LogP contribution in [0, 0.1) is 0 Å². The summed E-state index contributed by atoms with van der Waals surface area (Å²) in [6, 6.07) is 0.737. The number of piperidine rings is 1. The Morgan fingerprint density at radius 2 is 1.76 bits per heavy atom.